The predicted octanol–water partition coefficient (Wildman–Crippen LogP) is 3.45. The third-order valence-corrected chi connectivity index (χ3v) is 2.07. The topological polar surface area (TPSA) is 61.6 Å². The highest BCUT2D eigenvalue weighted by atomic mass is 16.7. The lowest BCUT2D eigenvalue weighted by atomic mass is 10.2. The highest BCUT2D eigenvalue weighted by Gasteiger charge is 2.19. The number of rotatable bonds is 1. The van der Waals surface area contributed by atoms with Crippen LogP contribution < -0.4 is 4.74 Å². The standard InChI is InChI=1S/C13H15NO4/c1-8-14-11-9(16-8)6-5-7-10(11)17-12(15)18-13(2,3)4/h5-7H,1-4H3. The Balaban J connectivity index is 2.24. The molecule has 0 aliphatic heterocycles. The normalized spacial score (nSPS) is 11.6. The van der Waals surface area contributed by atoms with E-state index in [9.17, 15) is 4.79 Å². The van der Waals surface area contributed by atoms with Gasteiger partial charge in [-0.25, -0.2) is 9.78 Å². The van der Waals surface area contributed by atoms with Gasteiger partial charge in [-0.3, -0.25) is 0 Å². The van der Waals surface area contributed by atoms with Gasteiger partial charge in [0.25, 0.3) is 0 Å². The molecule has 0 atom stereocenters. The number of hydrogen-bond acceptors (Lipinski definition) is 5. The fourth-order valence-electron chi connectivity index (χ4n) is 1.48. The second-order valence-electron chi connectivity index (χ2n) is 4.90. The van der Waals surface area contributed by atoms with Gasteiger partial charge in [-0.05, 0) is 32.9 Å². The molecule has 0 aliphatic carbocycles. The summed E-state index contributed by atoms with van der Waals surface area (Å²) in [6.45, 7) is 7.05. The van der Waals surface area contributed by atoms with Crippen molar-refractivity contribution in [3.05, 3.63) is 24.1 Å². The molecule has 5 nitrogen and oxygen atoms in total. The minimum atomic E-state index is -0.754. The maximum absolute atomic E-state index is 11.6. The molecule has 5 heteroatoms. The van der Waals surface area contributed by atoms with E-state index in [4.69, 9.17) is 13.9 Å². The molecular weight excluding hydrogens is 234 g/mol. The van der Waals surface area contributed by atoms with E-state index >= 15 is 0 Å². The highest BCUT2D eigenvalue weighted by molar-refractivity contribution is 5.82. The van der Waals surface area contributed by atoms with Crippen molar-refractivity contribution in [3.8, 4) is 5.75 Å². The molecule has 2 aromatic rings. The van der Waals surface area contributed by atoms with Crippen LogP contribution in [-0.4, -0.2) is 16.7 Å². The highest BCUT2D eigenvalue weighted by Crippen LogP contribution is 2.26. The number of nitrogens with zero attached hydrogens (tertiary/aromatic N) is 1. The molecule has 1 heterocycles. The summed E-state index contributed by atoms with van der Waals surface area (Å²) in [5.41, 5.74) is 0.500. The Labute approximate surface area is 105 Å². The molecule has 2 rings (SSSR count). The van der Waals surface area contributed by atoms with Crippen molar-refractivity contribution >= 4 is 17.3 Å². The maximum atomic E-state index is 11.6. The van der Waals surface area contributed by atoms with Crippen LogP contribution in [0.3, 0.4) is 0 Å². The summed E-state index contributed by atoms with van der Waals surface area (Å²) < 4.78 is 15.6. The summed E-state index contributed by atoms with van der Waals surface area (Å²) in [4.78, 5) is 15.7. The van der Waals surface area contributed by atoms with E-state index in [1.165, 1.54) is 0 Å². The van der Waals surface area contributed by atoms with Gasteiger partial charge in [0.1, 0.15) is 5.60 Å². The number of ether oxygens (including phenoxy) is 2. The third-order valence-electron chi connectivity index (χ3n) is 2.07. The number of carbonyl (C=O) groups excluding carboxylic acids is 1. The monoisotopic (exact) mass is 249 g/mol. The van der Waals surface area contributed by atoms with Crippen LogP contribution in [0.2, 0.25) is 0 Å². The van der Waals surface area contributed by atoms with E-state index in [2.05, 4.69) is 4.98 Å². The Morgan fingerprint density at radius 3 is 2.72 bits per heavy atom. The zero-order chi connectivity index (χ0) is 13.3. The Morgan fingerprint density at radius 1 is 1.33 bits per heavy atom. The average Bonchev–Trinajstić information content (AvgIpc) is 2.56. The molecule has 0 saturated carbocycles. The number of hydrogen-bond donors (Lipinski definition) is 0. The number of aromatic nitrogens is 1. The van der Waals surface area contributed by atoms with Gasteiger partial charge in [0.05, 0.1) is 0 Å². The van der Waals surface area contributed by atoms with Gasteiger partial charge in [0.15, 0.2) is 22.7 Å². The van der Waals surface area contributed by atoms with Gasteiger partial charge < -0.3 is 13.9 Å². The molecule has 1 aromatic carbocycles. The van der Waals surface area contributed by atoms with Gasteiger partial charge in [0.2, 0.25) is 0 Å². The lowest BCUT2D eigenvalue weighted by Gasteiger charge is -2.18. The van der Waals surface area contributed by atoms with Crippen LogP contribution in [0.15, 0.2) is 22.6 Å². The van der Waals surface area contributed by atoms with E-state index in [0.717, 1.165) is 0 Å². The van der Waals surface area contributed by atoms with E-state index in [-0.39, 0.29) is 0 Å². The summed E-state index contributed by atoms with van der Waals surface area (Å²) in [6.07, 6.45) is -0.754. The quantitative estimate of drug-likeness (QED) is 0.572. The van der Waals surface area contributed by atoms with Gasteiger partial charge >= 0.3 is 6.16 Å². The van der Waals surface area contributed by atoms with E-state index < -0.39 is 11.8 Å². The summed E-state index contributed by atoms with van der Waals surface area (Å²) in [6, 6.07) is 5.14. The van der Waals surface area contributed by atoms with Crippen LogP contribution in [0.25, 0.3) is 11.1 Å². The zero-order valence-electron chi connectivity index (χ0n) is 10.8. The Hall–Kier alpha value is -2.04. The van der Waals surface area contributed by atoms with Crippen LogP contribution in [-0.2, 0) is 4.74 Å². The molecule has 0 amide bonds. The SMILES string of the molecule is Cc1nc2c(OC(=O)OC(C)(C)C)cccc2o1. The Kier molecular flexibility index (Phi) is 2.98. The number of carbonyl (C=O) groups is 1. The van der Waals surface area contributed by atoms with Crippen molar-refractivity contribution in [1.82, 2.24) is 4.98 Å². The van der Waals surface area contributed by atoms with E-state index in [0.29, 0.717) is 22.7 Å². The molecule has 0 unspecified atom stereocenters. The largest absolute Gasteiger partial charge is 0.514 e. The van der Waals surface area contributed by atoms with Gasteiger partial charge in [0, 0.05) is 6.92 Å². The van der Waals surface area contributed by atoms with Crippen molar-refractivity contribution in [2.45, 2.75) is 33.3 Å². The minimum Gasteiger partial charge on any atom is -0.441 e. The van der Waals surface area contributed by atoms with Crippen molar-refractivity contribution in [3.63, 3.8) is 0 Å². The lowest BCUT2D eigenvalue weighted by molar-refractivity contribution is 0.0209. The molecule has 96 valence electrons. The number of fused-ring (bicyclic) bond motifs is 1. The third kappa shape index (κ3) is 2.80. The molecule has 0 N–H and O–H groups in total. The van der Waals surface area contributed by atoms with Crippen molar-refractivity contribution in [2.24, 2.45) is 0 Å². The molecule has 1 aromatic heterocycles. The van der Waals surface area contributed by atoms with Crippen molar-refractivity contribution in [1.29, 1.82) is 0 Å². The molecule has 0 aliphatic rings. The van der Waals surface area contributed by atoms with Gasteiger partial charge in [-0.15, -0.1) is 0 Å². The molecule has 0 spiro atoms. The first kappa shape index (κ1) is 12.4. The summed E-state index contributed by atoms with van der Waals surface area (Å²) in [7, 11) is 0. The number of para-hydroxylation sites is 1. The first-order chi connectivity index (χ1) is 8.35. The summed E-state index contributed by atoms with van der Waals surface area (Å²) in [5.74, 6) is 0.851. The lowest BCUT2D eigenvalue weighted by Crippen LogP contribution is -2.26. The van der Waals surface area contributed by atoms with Crippen LogP contribution in [0.1, 0.15) is 26.7 Å². The fraction of sp³-hybridized carbons (Fsp3) is 0.385. The molecule has 0 bridgehead atoms. The maximum Gasteiger partial charge on any atom is 0.514 e. The van der Waals surface area contributed by atoms with Crippen LogP contribution in [0.5, 0.6) is 5.75 Å². The summed E-state index contributed by atoms with van der Waals surface area (Å²) in [5, 5.41) is 0. The van der Waals surface area contributed by atoms with Crippen LogP contribution in [0.4, 0.5) is 4.79 Å². The predicted molar refractivity (Wildman–Crippen MR) is 65.6 cm³/mol. The van der Waals surface area contributed by atoms with Gasteiger partial charge in [-0.1, -0.05) is 6.07 Å². The van der Waals surface area contributed by atoms with Crippen molar-refractivity contribution in [2.75, 3.05) is 0 Å². The minimum absolute atomic E-state index is 0.332. The molecular formula is C13H15NO4. The smallest absolute Gasteiger partial charge is 0.441 e. The fourth-order valence-corrected chi connectivity index (χ4v) is 1.48. The molecule has 0 radical (unpaired) electrons. The molecule has 0 saturated heterocycles. The number of oxazole rings is 1. The average molecular weight is 249 g/mol. The number of benzene rings is 1. The Bertz CT molecular complexity index is 580. The molecule has 0 fully saturated rings. The zero-order valence-corrected chi connectivity index (χ0v) is 10.8. The molecule has 18 heavy (non-hydrogen) atoms. The first-order valence-electron chi connectivity index (χ1n) is 5.62. The van der Waals surface area contributed by atoms with E-state index in [1.807, 2.05) is 0 Å². The van der Waals surface area contributed by atoms with Crippen LogP contribution >= 0.6 is 0 Å². The number of aryl methyl sites for hydroxylation is 1. The van der Waals surface area contributed by atoms with Crippen LogP contribution in [0, 0.1) is 6.92 Å². The second-order valence-corrected chi connectivity index (χ2v) is 4.90. The first-order valence-corrected chi connectivity index (χ1v) is 5.62. The second kappa shape index (κ2) is 4.33. The Morgan fingerprint density at radius 2 is 2.06 bits per heavy atom. The van der Waals surface area contributed by atoms with E-state index in [1.54, 1.807) is 45.9 Å². The van der Waals surface area contributed by atoms with Crippen molar-refractivity contribution < 1.29 is 18.7 Å². The summed E-state index contributed by atoms with van der Waals surface area (Å²) >= 11 is 0. The van der Waals surface area contributed by atoms with Gasteiger partial charge in [-0.2, -0.15) is 0 Å².